The van der Waals surface area contributed by atoms with Gasteiger partial charge in [0.1, 0.15) is 4.88 Å². The van der Waals surface area contributed by atoms with Crippen molar-refractivity contribution >= 4 is 50.5 Å². The van der Waals surface area contributed by atoms with Gasteiger partial charge in [-0.3, -0.25) is 4.79 Å². The summed E-state index contributed by atoms with van der Waals surface area (Å²) in [7, 11) is 0. The summed E-state index contributed by atoms with van der Waals surface area (Å²) in [6.07, 6.45) is 0. The SMILES string of the molecule is O=C(O)COc1c(C(=O)N2CCOCC2)sc(-c2ccsc2)c1Br. The molecule has 1 aliphatic rings. The van der Waals surface area contributed by atoms with Crippen LogP contribution in [0.5, 0.6) is 5.75 Å². The van der Waals surface area contributed by atoms with Crippen LogP contribution < -0.4 is 4.74 Å². The third-order valence-corrected chi connectivity index (χ3v) is 6.34. The maximum absolute atomic E-state index is 12.8. The van der Waals surface area contributed by atoms with Crippen molar-refractivity contribution in [2.75, 3.05) is 32.9 Å². The number of carbonyl (C=O) groups excluding carboxylic acids is 1. The lowest BCUT2D eigenvalue weighted by atomic mass is 10.2. The first-order valence-corrected chi connectivity index (χ1v) is 9.69. The van der Waals surface area contributed by atoms with Crippen molar-refractivity contribution in [3.05, 3.63) is 26.2 Å². The normalized spacial score (nSPS) is 14.6. The number of thiophene rings is 2. The molecule has 9 heteroatoms. The zero-order chi connectivity index (χ0) is 17.1. The first-order valence-electron chi connectivity index (χ1n) is 7.14. The van der Waals surface area contributed by atoms with Crippen LogP contribution in [0.3, 0.4) is 0 Å². The van der Waals surface area contributed by atoms with Gasteiger partial charge in [0.05, 0.1) is 22.6 Å². The van der Waals surface area contributed by atoms with Crippen molar-refractivity contribution < 1.29 is 24.2 Å². The third kappa shape index (κ3) is 3.64. The van der Waals surface area contributed by atoms with Gasteiger partial charge in [0.2, 0.25) is 0 Å². The Hall–Kier alpha value is -1.42. The van der Waals surface area contributed by atoms with Gasteiger partial charge in [-0.05, 0) is 32.8 Å². The Bertz CT molecular complexity index is 737. The van der Waals surface area contributed by atoms with Crippen LogP contribution in [0, 0.1) is 0 Å². The van der Waals surface area contributed by atoms with E-state index in [9.17, 15) is 9.59 Å². The molecule has 1 fully saturated rings. The molecule has 0 saturated carbocycles. The molecule has 128 valence electrons. The van der Waals surface area contributed by atoms with Gasteiger partial charge in [-0.2, -0.15) is 11.3 Å². The highest BCUT2D eigenvalue weighted by Crippen LogP contribution is 2.46. The molecule has 0 radical (unpaired) electrons. The van der Waals surface area contributed by atoms with E-state index in [4.69, 9.17) is 14.6 Å². The van der Waals surface area contributed by atoms with Gasteiger partial charge in [-0.1, -0.05) is 0 Å². The number of halogens is 1. The predicted octanol–water partition coefficient (Wildman–Crippen LogP) is 3.17. The summed E-state index contributed by atoms with van der Waals surface area (Å²) in [5.41, 5.74) is 0.970. The molecule has 0 aromatic carbocycles. The Morgan fingerprint density at radius 1 is 1.38 bits per heavy atom. The zero-order valence-electron chi connectivity index (χ0n) is 12.5. The van der Waals surface area contributed by atoms with Gasteiger partial charge in [-0.25, -0.2) is 4.79 Å². The number of aliphatic carboxylic acids is 1. The number of rotatable bonds is 5. The first kappa shape index (κ1) is 17.4. The van der Waals surface area contributed by atoms with Crippen molar-refractivity contribution in [3.63, 3.8) is 0 Å². The third-order valence-electron chi connectivity index (χ3n) is 3.42. The number of amides is 1. The van der Waals surface area contributed by atoms with Crippen molar-refractivity contribution in [3.8, 4) is 16.2 Å². The number of morpholine rings is 1. The van der Waals surface area contributed by atoms with Crippen molar-refractivity contribution in [1.29, 1.82) is 0 Å². The van der Waals surface area contributed by atoms with E-state index in [1.54, 1.807) is 16.2 Å². The Kier molecular flexibility index (Phi) is 5.54. The largest absolute Gasteiger partial charge is 0.479 e. The van der Waals surface area contributed by atoms with E-state index in [2.05, 4.69) is 15.9 Å². The second kappa shape index (κ2) is 7.64. The molecular formula is C15H14BrNO5S2. The van der Waals surface area contributed by atoms with Crippen LogP contribution >= 0.6 is 38.6 Å². The van der Waals surface area contributed by atoms with Crippen LogP contribution in [0.4, 0.5) is 0 Å². The second-order valence-electron chi connectivity index (χ2n) is 5.00. The first-order chi connectivity index (χ1) is 11.6. The maximum atomic E-state index is 12.8. The summed E-state index contributed by atoms with van der Waals surface area (Å²) in [5, 5.41) is 12.8. The van der Waals surface area contributed by atoms with Crippen LogP contribution in [-0.2, 0) is 9.53 Å². The smallest absolute Gasteiger partial charge is 0.341 e. The number of nitrogens with zero attached hydrogens (tertiary/aromatic N) is 1. The van der Waals surface area contributed by atoms with Crippen molar-refractivity contribution in [2.24, 2.45) is 0 Å². The zero-order valence-corrected chi connectivity index (χ0v) is 15.7. The molecule has 0 spiro atoms. The quantitative estimate of drug-likeness (QED) is 0.786. The minimum Gasteiger partial charge on any atom is -0.479 e. The van der Waals surface area contributed by atoms with Crippen LogP contribution in [0.1, 0.15) is 9.67 Å². The fraction of sp³-hybridized carbons (Fsp3) is 0.333. The summed E-state index contributed by atoms with van der Waals surface area (Å²) in [4.78, 5) is 26.7. The monoisotopic (exact) mass is 431 g/mol. The standard InChI is InChI=1S/C15H14BrNO5S2/c16-11-12(22-7-10(18)19)14(15(20)17-2-4-21-5-3-17)24-13(11)9-1-6-23-8-9/h1,6,8H,2-5,7H2,(H,18,19). The summed E-state index contributed by atoms with van der Waals surface area (Å²) in [6.45, 7) is 1.53. The van der Waals surface area contributed by atoms with E-state index in [-0.39, 0.29) is 5.91 Å². The summed E-state index contributed by atoms with van der Waals surface area (Å²) < 4.78 is 11.3. The van der Waals surface area contributed by atoms with Gasteiger partial charge in [0, 0.05) is 18.7 Å². The fourth-order valence-electron chi connectivity index (χ4n) is 2.29. The minimum atomic E-state index is -1.09. The van der Waals surface area contributed by atoms with E-state index < -0.39 is 12.6 Å². The number of ether oxygens (including phenoxy) is 2. The van der Waals surface area contributed by atoms with E-state index in [1.807, 2.05) is 16.8 Å². The average molecular weight is 432 g/mol. The molecule has 1 N–H and O–H groups in total. The van der Waals surface area contributed by atoms with Crippen molar-refractivity contribution in [1.82, 2.24) is 4.90 Å². The number of hydrogen-bond donors (Lipinski definition) is 1. The molecule has 2 aromatic heterocycles. The lowest BCUT2D eigenvalue weighted by Gasteiger charge is -2.26. The van der Waals surface area contributed by atoms with E-state index in [0.29, 0.717) is 41.4 Å². The molecule has 0 unspecified atom stereocenters. The molecule has 3 rings (SSSR count). The van der Waals surface area contributed by atoms with E-state index in [0.717, 1.165) is 10.4 Å². The Morgan fingerprint density at radius 3 is 2.75 bits per heavy atom. The summed E-state index contributed by atoms with van der Waals surface area (Å²) >= 11 is 6.33. The molecule has 0 atom stereocenters. The van der Waals surface area contributed by atoms with Crippen LogP contribution in [0.2, 0.25) is 0 Å². The average Bonchev–Trinajstić information content (AvgIpc) is 3.21. The highest BCUT2D eigenvalue weighted by molar-refractivity contribution is 9.10. The molecule has 2 aromatic rings. The Balaban J connectivity index is 1.97. The fourth-order valence-corrected chi connectivity index (χ4v) is 5.03. The van der Waals surface area contributed by atoms with Crippen LogP contribution in [-0.4, -0.2) is 54.8 Å². The molecule has 1 saturated heterocycles. The molecule has 1 aliphatic heterocycles. The topological polar surface area (TPSA) is 76.1 Å². The maximum Gasteiger partial charge on any atom is 0.341 e. The molecule has 1 amide bonds. The highest BCUT2D eigenvalue weighted by Gasteiger charge is 2.28. The molecule has 0 aliphatic carbocycles. The van der Waals surface area contributed by atoms with E-state index >= 15 is 0 Å². The lowest BCUT2D eigenvalue weighted by Crippen LogP contribution is -2.40. The molecule has 6 nitrogen and oxygen atoms in total. The van der Waals surface area contributed by atoms with Crippen LogP contribution in [0.25, 0.3) is 10.4 Å². The van der Waals surface area contributed by atoms with Gasteiger partial charge in [-0.15, -0.1) is 11.3 Å². The van der Waals surface area contributed by atoms with Gasteiger partial charge >= 0.3 is 5.97 Å². The van der Waals surface area contributed by atoms with Crippen LogP contribution in [0.15, 0.2) is 21.3 Å². The van der Waals surface area contributed by atoms with Gasteiger partial charge < -0.3 is 19.5 Å². The lowest BCUT2D eigenvalue weighted by molar-refractivity contribution is -0.139. The molecule has 0 bridgehead atoms. The van der Waals surface area contributed by atoms with Crippen molar-refractivity contribution in [2.45, 2.75) is 0 Å². The highest BCUT2D eigenvalue weighted by atomic mass is 79.9. The number of carboxylic acids is 1. The molecule has 3 heterocycles. The number of hydrogen-bond acceptors (Lipinski definition) is 6. The second-order valence-corrected chi connectivity index (χ2v) is 7.60. The van der Waals surface area contributed by atoms with Gasteiger partial charge in [0.25, 0.3) is 5.91 Å². The molecule has 24 heavy (non-hydrogen) atoms. The van der Waals surface area contributed by atoms with E-state index in [1.165, 1.54) is 11.3 Å². The summed E-state index contributed by atoms with van der Waals surface area (Å²) in [5.74, 6) is -0.957. The Labute approximate surface area is 154 Å². The van der Waals surface area contributed by atoms with Gasteiger partial charge in [0.15, 0.2) is 12.4 Å². The Morgan fingerprint density at radius 2 is 2.12 bits per heavy atom. The number of carboxylic acid groups (broad SMARTS) is 1. The predicted molar refractivity (Wildman–Crippen MR) is 95.2 cm³/mol. The summed E-state index contributed by atoms with van der Waals surface area (Å²) in [6, 6.07) is 1.95. The number of carbonyl (C=O) groups is 2. The minimum absolute atomic E-state index is 0.161. The molecular weight excluding hydrogens is 418 g/mol.